The van der Waals surface area contributed by atoms with Gasteiger partial charge in [-0.1, -0.05) is 0 Å². The lowest BCUT2D eigenvalue weighted by molar-refractivity contribution is 0.0633. The van der Waals surface area contributed by atoms with Gasteiger partial charge in [0.05, 0.1) is 13.7 Å². The van der Waals surface area contributed by atoms with Gasteiger partial charge < -0.3 is 19.5 Å². The monoisotopic (exact) mass is 359 g/mol. The minimum absolute atomic E-state index is 0.0495. The van der Waals surface area contributed by atoms with Gasteiger partial charge in [-0.25, -0.2) is 4.39 Å². The van der Waals surface area contributed by atoms with Crippen molar-refractivity contribution in [2.24, 2.45) is 5.92 Å². The number of phenolic OH excluding ortho intramolecular Hbond substituents is 1. The number of hydrogen-bond acceptors (Lipinski definition) is 4. The normalized spacial score (nSPS) is 17.0. The Morgan fingerprint density at radius 1 is 1.27 bits per heavy atom. The molecule has 1 heterocycles. The summed E-state index contributed by atoms with van der Waals surface area (Å²) in [5.74, 6) is 0.709. The highest BCUT2D eigenvalue weighted by Gasteiger charge is 2.25. The lowest BCUT2D eigenvalue weighted by Gasteiger charge is -2.32. The third-order valence-corrected chi connectivity index (χ3v) is 4.53. The molecule has 1 aliphatic rings. The van der Waals surface area contributed by atoms with Crippen LogP contribution in [0, 0.1) is 11.7 Å². The molecular weight excluding hydrogens is 337 g/mol. The number of nitrogens with zero attached hydrogens (tertiary/aromatic N) is 1. The third kappa shape index (κ3) is 4.25. The van der Waals surface area contributed by atoms with Crippen LogP contribution in [0.3, 0.4) is 0 Å². The molecule has 1 aliphatic heterocycles. The summed E-state index contributed by atoms with van der Waals surface area (Å²) in [7, 11) is 1.47. The van der Waals surface area contributed by atoms with Gasteiger partial charge >= 0.3 is 0 Å². The van der Waals surface area contributed by atoms with E-state index in [0.29, 0.717) is 36.8 Å². The van der Waals surface area contributed by atoms with Crippen LogP contribution in [0.5, 0.6) is 17.2 Å². The predicted octanol–water partition coefficient (Wildman–Crippen LogP) is 3.47. The fourth-order valence-corrected chi connectivity index (χ4v) is 3.14. The molecule has 0 spiro atoms. The van der Waals surface area contributed by atoms with Crippen LogP contribution in [-0.4, -0.2) is 42.7 Å². The largest absolute Gasteiger partial charge is 0.504 e. The van der Waals surface area contributed by atoms with E-state index < -0.39 is 0 Å². The Balaban J connectivity index is 1.59. The van der Waals surface area contributed by atoms with Crippen LogP contribution in [-0.2, 0) is 0 Å². The van der Waals surface area contributed by atoms with Gasteiger partial charge in [0.1, 0.15) is 11.6 Å². The van der Waals surface area contributed by atoms with Crippen LogP contribution in [0.15, 0.2) is 42.5 Å². The molecule has 1 saturated heterocycles. The van der Waals surface area contributed by atoms with Crippen molar-refractivity contribution in [3.8, 4) is 17.2 Å². The maximum Gasteiger partial charge on any atom is 0.254 e. The first kappa shape index (κ1) is 18.0. The number of piperidine rings is 1. The van der Waals surface area contributed by atoms with E-state index in [1.165, 1.54) is 25.3 Å². The smallest absolute Gasteiger partial charge is 0.254 e. The molecule has 0 bridgehead atoms. The van der Waals surface area contributed by atoms with Crippen molar-refractivity contribution in [3.05, 3.63) is 53.8 Å². The molecule has 3 rings (SSSR count). The van der Waals surface area contributed by atoms with Gasteiger partial charge in [0.2, 0.25) is 0 Å². The zero-order chi connectivity index (χ0) is 18.5. The van der Waals surface area contributed by atoms with Gasteiger partial charge in [0, 0.05) is 24.6 Å². The van der Waals surface area contributed by atoms with E-state index >= 15 is 0 Å². The van der Waals surface area contributed by atoms with Gasteiger partial charge in [0.15, 0.2) is 11.5 Å². The topological polar surface area (TPSA) is 59.0 Å². The summed E-state index contributed by atoms with van der Waals surface area (Å²) < 4.78 is 23.7. The van der Waals surface area contributed by atoms with E-state index in [1.807, 2.05) is 0 Å². The Labute approximate surface area is 152 Å². The molecule has 5 nitrogen and oxygen atoms in total. The Hall–Kier alpha value is -2.76. The van der Waals surface area contributed by atoms with Gasteiger partial charge in [-0.05, 0) is 55.3 Å². The molecule has 0 aliphatic carbocycles. The summed E-state index contributed by atoms with van der Waals surface area (Å²) in [5, 5.41) is 9.88. The summed E-state index contributed by atoms with van der Waals surface area (Å²) in [6.45, 7) is 1.74. The standard InChI is InChI=1S/C20H22FNO4/c1-25-19-9-4-15(11-18(19)23)20(24)22-10-2-3-14(12-22)13-26-17-7-5-16(21)6-8-17/h4-9,11,14,23H,2-3,10,12-13H2,1H3/t14-/m0/s1. The zero-order valence-corrected chi connectivity index (χ0v) is 14.7. The first-order chi connectivity index (χ1) is 12.6. The minimum Gasteiger partial charge on any atom is -0.504 e. The highest BCUT2D eigenvalue weighted by molar-refractivity contribution is 5.95. The van der Waals surface area contributed by atoms with E-state index in [9.17, 15) is 14.3 Å². The minimum atomic E-state index is -0.297. The lowest BCUT2D eigenvalue weighted by atomic mass is 9.98. The summed E-state index contributed by atoms with van der Waals surface area (Å²) in [6.07, 6.45) is 1.87. The van der Waals surface area contributed by atoms with Crippen LogP contribution in [0.1, 0.15) is 23.2 Å². The van der Waals surface area contributed by atoms with Crippen molar-refractivity contribution in [1.29, 1.82) is 0 Å². The molecule has 1 N–H and O–H groups in total. The van der Waals surface area contributed by atoms with Crippen molar-refractivity contribution in [3.63, 3.8) is 0 Å². The molecule has 0 unspecified atom stereocenters. The number of benzene rings is 2. The Morgan fingerprint density at radius 3 is 2.73 bits per heavy atom. The van der Waals surface area contributed by atoms with E-state index in [1.54, 1.807) is 29.2 Å². The van der Waals surface area contributed by atoms with Crippen molar-refractivity contribution in [1.82, 2.24) is 4.90 Å². The molecule has 2 aromatic rings. The van der Waals surface area contributed by atoms with Crippen LogP contribution in [0.2, 0.25) is 0 Å². The quantitative estimate of drug-likeness (QED) is 0.888. The third-order valence-electron chi connectivity index (χ3n) is 4.53. The number of amides is 1. The molecule has 1 atom stereocenters. The highest BCUT2D eigenvalue weighted by atomic mass is 19.1. The molecule has 26 heavy (non-hydrogen) atoms. The summed E-state index contributed by atoms with van der Waals surface area (Å²) in [5.41, 5.74) is 0.434. The number of hydrogen-bond donors (Lipinski definition) is 1. The zero-order valence-electron chi connectivity index (χ0n) is 14.7. The maximum absolute atomic E-state index is 12.9. The predicted molar refractivity (Wildman–Crippen MR) is 95.2 cm³/mol. The van der Waals surface area contributed by atoms with Crippen LogP contribution in [0.25, 0.3) is 0 Å². The van der Waals surface area contributed by atoms with Crippen molar-refractivity contribution in [2.75, 3.05) is 26.8 Å². The molecule has 6 heteroatoms. The SMILES string of the molecule is COc1ccc(C(=O)N2CCC[C@H](COc3ccc(F)cc3)C2)cc1O. The second kappa shape index (κ2) is 8.08. The number of methoxy groups -OCH3 is 1. The number of halogens is 1. The Kier molecular flexibility index (Phi) is 5.61. The molecule has 138 valence electrons. The molecule has 0 radical (unpaired) electrons. The summed E-state index contributed by atoms with van der Waals surface area (Å²) in [4.78, 5) is 14.5. The first-order valence-electron chi connectivity index (χ1n) is 8.61. The molecule has 1 fully saturated rings. The summed E-state index contributed by atoms with van der Waals surface area (Å²) in [6, 6.07) is 10.6. The molecule has 1 amide bonds. The molecule has 2 aromatic carbocycles. The number of aromatic hydroxyl groups is 1. The van der Waals surface area contributed by atoms with E-state index in [2.05, 4.69) is 0 Å². The van der Waals surface area contributed by atoms with E-state index in [-0.39, 0.29) is 23.4 Å². The van der Waals surface area contributed by atoms with E-state index in [0.717, 1.165) is 12.8 Å². The fourth-order valence-electron chi connectivity index (χ4n) is 3.14. The Bertz CT molecular complexity index is 763. The molecule has 0 saturated carbocycles. The lowest BCUT2D eigenvalue weighted by Crippen LogP contribution is -2.41. The molecular formula is C20H22FNO4. The van der Waals surface area contributed by atoms with Crippen LogP contribution >= 0.6 is 0 Å². The number of carbonyl (C=O) groups is 1. The average Bonchev–Trinajstić information content (AvgIpc) is 2.67. The number of likely N-dealkylation sites (tertiary alicyclic amines) is 1. The van der Waals surface area contributed by atoms with Gasteiger partial charge in [-0.15, -0.1) is 0 Å². The highest BCUT2D eigenvalue weighted by Crippen LogP contribution is 2.28. The number of phenols is 1. The fraction of sp³-hybridized carbons (Fsp3) is 0.350. The number of rotatable bonds is 5. The Morgan fingerprint density at radius 2 is 2.04 bits per heavy atom. The van der Waals surface area contributed by atoms with Crippen LogP contribution in [0.4, 0.5) is 4.39 Å². The number of ether oxygens (including phenoxy) is 2. The van der Waals surface area contributed by atoms with Crippen molar-refractivity contribution < 1.29 is 23.8 Å². The van der Waals surface area contributed by atoms with Crippen LogP contribution < -0.4 is 9.47 Å². The van der Waals surface area contributed by atoms with Gasteiger partial charge in [0.25, 0.3) is 5.91 Å². The average molecular weight is 359 g/mol. The van der Waals surface area contributed by atoms with E-state index in [4.69, 9.17) is 9.47 Å². The van der Waals surface area contributed by atoms with Crippen molar-refractivity contribution in [2.45, 2.75) is 12.8 Å². The molecule has 0 aromatic heterocycles. The second-order valence-electron chi connectivity index (χ2n) is 6.41. The van der Waals surface area contributed by atoms with Crippen molar-refractivity contribution >= 4 is 5.91 Å². The summed E-state index contributed by atoms with van der Waals surface area (Å²) >= 11 is 0. The number of carbonyl (C=O) groups excluding carboxylic acids is 1. The van der Waals surface area contributed by atoms with Gasteiger partial charge in [-0.3, -0.25) is 4.79 Å². The first-order valence-corrected chi connectivity index (χ1v) is 8.61. The maximum atomic E-state index is 12.9. The second-order valence-corrected chi connectivity index (χ2v) is 6.41. The van der Waals surface area contributed by atoms with Gasteiger partial charge in [-0.2, -0.15) is 0 Å².